The van der Waals surface area contributed by atoms with Crippen molar-refractivity contribution in [2.45, 2.75) is 70.2 Å². The Morgan fingerprint density at radius 1 is 1.30 bits per heavy atom. The average Bonchev–Trinajstić information content (AvgIpc) is 3.00. The third kappa shape index (κ3) is 3.95. The number of hydrogen-bond donors (Lipinski definition) is 2. The predicted molar refractivity (Wildman–Crippen MR) is 92.3 cm³/mol. The van der Waals surface area contributed by atoms with Crippen LogP contribution < -0.4 is 10.6 Å². The van der Waals surface area contributed by atoms with Gasteiger partial charge < -0.3 is 19.9 Å². The predicted octanol–water partition coefficient (Wildman–Crippen LogP) is 2.40. The van der Waals surface area contributed by atoms with E-state index in [4.69, 9.17) is 4.74 Å². The fourth-order valence-corrected chi connectivity index (χ4v) is 4.56. The molecule has 2 N–H and O–H groups in total. The molecule has 2 saturated heterocycles. The van der Waals surface area contributed by atoms with Crippen LogP contribution in [0, 0.1) is 5.92 Å². The van der Waals surface area contributed by atoms with E-state index in [1.165, 1.54) is 0 Å². The number of ether oxygens (including phenoxy) is 1. The van der Waals surface area contributed by atoms with Crippen LogP contribution in [-0.4, -0.2) is 39.8 Å². The number of piperidine rings is 1. The lowest BCUT2D eigenvalue weighted by Gasteiger charge is -2.47. The van der Waals surface area contributed by atoms with Crippen molar-refractivity contribution in [3.05, 3.63) is 18.2 Å². The van der Waals surface area contributed by atoms with Crippen LogP contribution in [0.1, 0.15) is 58.9 Å². The van der Waals surface area contributed by atoms with E-state index < -0.39 is 0 Å². The van der Waals surface area contributed by atoms with Crippen molar-refractivity contribution >= 4 is 0 Å². The number of hydrogen-bond acceptors (Lipinski definition) is 4. The van der Waals surface area contributed by atoms with Gasteiger partial charge in [0.05, 0.1) is 0 Å². The Labute approximate surface area is 140 Å². The smallest absolute Gasteiger partial charge is 0.137 e. The molecule has 2 aliphatic heterocycles. The normalized spacial score (nSPS) is 30.7. The maximum atomic E-state index is 5.98. The average molecular weight is 320 g/mol. The fourth-order valence-electron chi connectivity index (χ4n) is 4.56. The van der Waals surface area contributed by atoms with Crippen LogP contribution in [0.2, 0.25) is 0 Å². The SMILES string of the molecule is Cn1ccnc1[C@@H]1OCC[C@H]1CNC1CC(C)(C)NC(C)(C)C1. The first-order valence-corrected chi connectivity index (χ1v) is 8.87. The van der Waals surface area contributed by atoms with E-state index in [2.05, 4.69) is 47.9 Å². The van der Waals surface area contributed by atoms with Crippen molar-refractivity contribution in [1.82, 2.24) is 20.2 Å². The van der Waals surface area contributed by atoms with E-state index in [9.17, 15) is 0 Å². The highest BCUT2D eigenvalue weighted by molar-refractivity contribution is 5.02. The molecule has 23 heavy (non-hydrogen) atoms. The lowest BCUT2D eigenvalue weighted by Crippen LogP contribution is -2.61. The molecule has 130 valence electrons. The summed E-state index contributed by atoms with van der Waals surface area (Å²) in [5, 5.41) is 7.58. The number of rotatable bonds is 4. The van der Waals surface area contributed by atoms with Crippen LogP contribution in [0.3, 0.4) is 0 Å². The summed E-state index contributed by atoms with van der Waals surface area (Å²) in [4.78, 5) is 4.49. The van der Waals surface area contributed by atoms with Gasteiger partial charge in [-0.15, -0.1) is 0 Å². The molecule has 0 saturated carbocycles. The molecule has 1 aromatic heterocycles. The zero-order valence-electron chi connectivity index (χ0n) is 15.2. The summed E-state index contributed by atoms with van der Waals surface area (Å²) >= 11 is 0. The van der Waals surface area contributed by atoms with Crippen LogP contribution in [0.5, 0.6) is 0 Å². The van der Waals surface area contributed by atoms with Gasteiger partial charge in [-0.1, -0.05) is 0 Å². The van der Waals surface area contributed by atoms with Crippen molar-refractivity contribution in [2.75, 3.05) is 13.2 Å². The summed E-state index contributed by atoms with van der Waals surface area (Å²) in [6.07, 6.45) is 7.43. The van der Waals surface area contributed by atoms with Crippen LogP contribution >= 0.6 is 0 Å². The van der Waals surface area contributed by atoms with Crippen LogP contribution in [0.25, 0.3) is 0 Å². The zero-order chi connectivity index (χ0) is 16.7. The Morgan fingerprint density at radius 3 is 2.61 bits per heavy atom. The number of aromatic nitrogens is 2. The minimum absolute atomic E-state index is 0.130. The maximum absolute atomic E-state index is 5.98. The minimum Gasteiger partial charge on any atom is -0.370 e. The third-order valence-corrected chi connectivity index (χ3v) is 5.19. The summed E-state index contributed by atoms with van der Waals surface area (Å²) in [7, 11) is 2.05. The zero-order valence-corrected chi connectivity index (χ0v) is 15.2. The van der Waals surface area contributed by atoms with Gasteiger partial charge in [0.1, 0.15) is 11.9 Å². The highest BCUT2D eigenvalue weighted by Gasteiger charge is 2.38. The van der Waals surface area contributed by atoms with E-state index in [0.29, 0.717) is 12.0 Å². The van der Waals surface area contributed by atoms with Gasteiger partial charge in [-0.2, -0.15) is 0 Å². The largest absolute Gasteiger partial charge is 0.370 e. The van der Waals surface area contributed by atoms with Gasteiger partial charge in [0, 0.05) is 55.6 Å². The van der Waals surface area contributed by atoms with Crippen molar-refractivity contribution < 1.29 is 4.74 Å². The van der Waals surface area contributed by atoms with Gasteiger partial charge in [-0.25, -0.2) is 4.98 Å². The molecule has 5 nitrogen and oxygen atoms in total. The summed E-state index contributed by atoms with van der Waals surface area (Å²) < 4.78 is 8.06. The molecule has 2 aliphatic rings. The number of nitrogens with zero attached hydrogens (tertiary/aromatic N) is 2. The first-order valence-electron chi connectivity index (χ1n) is 8.87. The van der Waals surface area contributed by atoms with Crippen molar-refractivity contribution in [3.63, 3.8) is 0 Å². The summed E-state index contributed by atoms with van der Waals surface area (Å²) in [6.45, 7) is 11.1. The van der Waals surface area contributed by atoms with Gasteiger partial charge >= 0.3 is 0 Å². The highest BCUT2D eigenvalue weighted by Crippen LogP contribution is 2.34. The van der Waals surface area contributed by atoms with Crippen LogP contribution in [-0.2, 0) is 11.8 Å². The fraction of sp³-hybridized carbons (Fsp3) is 0.833. The molecule has 3 heterocycles. The molecule has 0 spiro atoms. The van der Waals surface area contributed by atoms with Crippen molar-refractivity contribution in [1.29, 1.82) is 0 Å². The quantitative estimate of drug-likeness (QED) is 0.894. The standard InChI is InChI=1S/C18H32N4O/c1-17(2)10-14(11-18(3,4)21-17)20-12-13-6-9-23-15(13)16-19-7-8-22(16)5/h7-8,13-15,20-21H,6,9-12H2,1-5H3/t13-,15+/m0/s1. The Balaban J connectivity index is 1.60. The molecule has 2 atom stereocenters. The molecule has 0 radical (unpaired) electrons. The van der Waals surface area contributed by atoms with E-state index in [1.807, 2.05) is 19.4 Å². The molecule has 1 aromatic rings. The van der Waals surface area contributed by atoms with Gasteiger partial charge in [0.2, 0.25) is 0 Å². The van der Waals surface area contributed by atoms with Crippen LogP contribution in [0.15, 0.2) is 12.4 Å². The third-order valence-electron chi connectivity index (χ3n) is 5.19. The second-order valence-corrected chi connectivity index (χ2v) is 8.64. The maximum Gasteiger partial charge on any atom is 0.137 e. The molecule has 5 heteroatoms. The van der Waals surface area contributed by atoms with Crippen molar-refractivity contribution in [3.8, 4) is 0 Å². The number of nitrogens with one attached hydrogen (secondary N) is 2. The second-order valence-electron chi connectivity index (χ2n) is 8.64. The number of aryl methyl sites for hydroxylation is 1. The Morgan fingerprint density at radius 2 is 2.00 bits per heavy atom. The Hall–Kier alpha value is -0.910. The molecular formula is C18H32N4O. The van der Waals surface area contributed by atoms with Crippen LogP contribution in [0.4, 0.5) is 0 Å². The summed E-state index contributed by atoms with van der Waals surface area (Å²) in [6, 6.07) is 0.559. The molecular weight excluding hydrogens is 288 g/mol. The lowest BCUT2D eigenvalue weighted by molar-refractivity contribution is 0.0776. The minimum atomic E-state index is 0.130. The molecule has 3 rings (SSSR count). The summed E-state index contributed by atoms with van der Waals surface area (Å²) in [5.74, 6) is 1.57. The first-order chi connectivity index (χ1) is 10.8. The van der Waals surface area contributed by atoms with Gasteiger partial charge in [-0.3, -0.25) is 0 Å². The molecule has 0 unspecified atom stereocenters. The molecule has 0 aliphatic carbocycles. The van der Waals surface area contributed by atoms with Crippen molar-refractivity contribution in [2.24, 2.45) is 13.0 Å². The second kappa shape index (κ2) is 6.19. The molecule has 0 amide bonds. The topological polar surface area (TPSA) is 51.1 Å². The Kier molecular flexibility index (Phi) is 4.55. The van der Waals surface area contributed by atoms with E-state index in [0.717, 1.165) is 38.2 Å². The molecule has 0 aromatic carbocycles. The lowest BCUT2D eigenvalue weighted by atomic mass is 9.79. The van der Waals surface area contributed by atoms with E-state index in [1.54, 1.807) is 0 Å². The monoisotopic (exact) mass is 320 g/mol. The van der Waals surface area contributed by atoms with E-state index in [-0.39, 0.29) is 17.2 Å². The highest BCUT2D eigenvalue weighted by atomic mass is 16.5. The summed E-state index contributed by atoms with van der Waals surface area (Å²) in [5.41, 5.74) is 0.370. The van der Waals surface area contributed by atoms with Gasteiger partial charge in [-0.05, 0) is 47.0 Å². The van der Waals surface area contributed by atoms with Gasteiger partial charge in [0.25, 0.3) is 0 Å². The Bertz CT molecular complexity index is 521. The first kappa shape index (κ1) is 16.9. The molecule has 2 fully saturated rings. The molecule has 0 bridgehead atoms. The van der Waals surface area contributed by atoms with Gasteiger partial charge in [0.15, 0.2) is 0 Å². The van der Waals surface area contributed by atoms with E-state index >= 15 is 0 Å². The number of imidazole rings is 1.